The molecule has 11 nitrogen and oxygen atoms in total. The van der Waals surface area contributed by atoms with Gasteiger partial charge in [-0.2, -0.15) is 0 Å². The third kappa shape index (κ3) is 5.20. The van der Waals surface area contributed by atoms with Crippen molar-refractivity contribution in [1.82, 2.24) is 15.3 Å². The lowest BCUT2D eigenvalue weighted by molar-refractivity contribution is 0.0538. The van der Waals surface area contributed by atoms with Gasteiger partial charge in [-0.25, -0.2) is 14.6 Å². The Balaban J connectivity index is 1.74. The van der Waals surface area contributed by atoms with Crippen molar-refractivity contribution >= 4 is 41.1 Å². The van der Waals surface area contributed by atoms with Crippen LogP contribution in [0.1, 0.15) is 38.5 Å². The molecule has 0 spiro atoms. The van der Waals surface area contributed by atoms with E-state index in [1.165, 1.54) is 19.4 Å². The lowest BCUT2D eigenvalue weighted by atomic mass is 10.0. The van der Waals surface area contributed by atoms with Crippen LogP contribution in [0.15, 0.2) is 12.3 Å². The molecule has 0 bridgehead atoms. The number of ether oxygens (including phenoxy) is 2. The second kappa shape index (κ2) is 10.1. The first kappa shape index (κ1) is 24.3. The van der Waals surface area contributed by atoms with Crippen molar-refractivity contribution < 1.29 is 29.0 Å². The zero-order chi connectivity index (χ0) is 24.3. The van der Waals surface area contributed by atoms with Crippen LogP contribution in [-0.2, 0) is 9.47 Å². The summed E-state index contributed by atoms with van der Waals surface area (Å²) in [5.74, 6) is -1.07. The Bertz CT molecular complexity index is 1070. The quantitative estimate of drug-likeness (QED) is 0.494. The number of halogens is 1. The Labute approximate surface area is 195 Å². The van der Waals surface area contributed by atoms with E-state index in [-0.39, 0.29) is 29.3 Å². The summed E-state index contributed by atoms with van der Waals surface area (Å²) in [6, 6.07) is 1.12. The van der Waals surface area contributed by atoms with Gasteiger partial charge < -0.3 is 29.8 Å². The number of hydrogen-bond acceptors (Lipinski definition) is 7. The lowest BCUT2D eigenvalue weighted by Crippen LogP contribution is -2.55. The topological polar surface area (TPSA) is 146 Å². The van der Waals surface area contributed by atoms with Crippen LogP contribution in [0.2, 0.25) is 5.02 Å². The molecule has 3 rings (SSSR count). The smallest absolute Gasteiger partial charge is 0.411 e. The molecule has 2 aromatic heterocycles. The van der Waals surface area contributed by atoms with E-state index in [2.05, 4.69) is 25.3 Å². The molecule has 2 unspecified atom stereocenters. The van der Waals surface area contributed by atoms with Crippen LogP contribution in [0.3, 0.4) is 0 Å². The number of carbonyl (C=O) groups excluding carboxylic acids is 2. The average Bonchev–Trinajstić information content (AvgIpc) is 3.06. The van der Waals surface area contributed by atoms with Crippen LogP contribution >= 0.6 is 11.6 Å². The molecule has 1 aliphatic rings. The normalized spacial score (nSPS) is 18.0. The number of piperidine rings is 1. The van der Waals surface area contributed by atoms with E-state index in [0.29, 0.717) is 41.6 Å². The number of carboxylic acid groups (broad SMARTS) is 1. The Morgan fingerprint density at radius 3 is 2.61 bits per heavy atom. The van der Waals surface area contributed by atoms with Gasteiger partial charge in [-0.1, -0.05) is 11.6 Å². The number of nitrogens with zero attached hydrogens (tertiary/aromatic N) is 2. The van der Waals surface area contributed by atoms with Crippen molar-refractivity contribution in [3.8, 4) is 0 Å². The fourth-order valence-corrected chi connectivity index (χ4v) is 3.92. The maximum Gasteiger partial charge on any atom is 0.411 e. The molecule has 1 fully saturated rings. The number of carboxylic acids is 1. The van der Waals surface area contributed by atoms with Crippen molar-refractivity contribution in [3.63, 3.8) is 0 Å². The first-order valence-corrected chi connectivity index (χ1v) is 10.6. The van der Waals surface area contributed by atoms with E-state index in [1.807, 2.05) is 4.90 Å². The number of H-pyrrole nitrogens is 1. The minimum absolute atomic E-state index is 0.0267. The summed E-state index contributed by atoms with van der Waals surface area (Å²) >= 11 is 6.19. The van der Waals surface area contributed by atoms with E-state index in [4.69, 9.17) is 16.3 Å². The highest BCUT2D eigenvalue weighted by molar-refractivity contribution is 6.32. The maximum atomic E-state index is 12.8. The second-order valence-corrected chi connectivity index (χ2v) is 8.04. The molecule has 0 aromatic carbocycles. The molecule has 33 heavy (non-hydrogen) atoms. The maximum absolute atomic E-state index is 12.8. The summed E-state index contributed by atoms with van der Waals surface area (Å²) in [5, 5.41) is 15.4. The number of aromatic carboxylic acids is 1. The van der Waals surface area contributed by atoms with E-state index in [1.54, 1.807) is 21.0 Å². The number of methoxy groups -OCH3 is 2. The van der Waals surface area contributed by atoms with Crippen molar-refractivity contribution in [1.29, 1.82) is 0 Å². The van der Waals surface area contributed by atoms with Gasteiger partial charge in [0.15, 0.2) is 0 Å². The summed E-state index contributed by atoms with van der Waals surface area (Å²) in [6.45, 7) is 4.46. The zero-order valence-electron chi connectivity index (χ0n) is 18.7. The summed E-state index contributed by atoms with van der Waals surface area (Å²) in [5.41, 5.74) is 1.73. The zero-order valence-corrected chi connectivity index (χ0v) is 19.4. The molecule has 3 heterocycles. The summed E-state index contributed by atoms with van der Waals surface area (Å²) in [4.78, 5) is 45.1. The molecule has 2 amide bonds. The van der Waals surface area contributed by atoms with Crippen LogP contribution in [0.25, 0.3) is 0 Å². The van der Waals surface area contributed by atoms with Crippen molar-refractivity contribution in [2.24, 2.45) is 0 Å². The van der Waals surface area contributed by atoms with Gasteiger partial charge in [0, 0.05) is 25.9 Å². The number of pyridine rings is 1. The minimum Gasteiger partial charge on any atom is -0.478 e. The van der Waals surface area contributed by atoms with Crippen LogP contribution in [0, 0.1) is 13.8 Å². The molecular formula is C21H26ClN5O6. The number of anilines is 2. The van der Waals surface area contributed by atoms with E-state index in [0.717, 1.165) is 5.69 Å². The number of nitrogens with one attached hydrogen (secondary N) is 3. The number of aromatic nitrogens is 2. The van der Waals surface area contributed by atoms with Gasteiger partial charge in [0.25, 0.3) is 5.91 Å². The van der Waals surface area contributed by atoms with E-state index >= 15 is 0 Å². The molecular weight excluding hydrogens is 454 g/mol. The highest BCUT2D eigenvalue weighted by Crippen LogP contribution is 2.26. The Morgan fingerprint density at radius 2 is 2.03 bits per heavy atom. The van der Waals surface area contributed by atoms with Gasteiger partial charge in [-0.05, 0) is 31.9 Å². The van der Waals surface area contributed by atoms with Gasteiger partial charge in [0.2, 0.25) is 0 Å². The minimum atomic E-state index is -1.22. The largest absolute Gasteiger partial charge is 0.478 e. The summed E-state index contributed by atoms with van der Waals surface area (Å²) < 4.78 is 10.1. The first-order valence-electron chi connectivity index (χ1n) is 10.2. The molecule has 0 saturated carbocycles. The predicted molar refractivity (Wildman–Crippen MR) is 121 cm³/mol. The van der Waals surface area contributed by atoms with E-state index in [9.17, 15) is 19.5 Å². The Morgan fingerprint density at radius 1 is 1.30 bits per heavy atom. The number of amides is 2. The molecule has 1 saturated heterocycles. The van der Waals surface area contributed by atoms with Crippen LogP contribution in [-0.4, -0.2) is 72.5 Å². The molecule has 4 N–H and O–H groups in total. The van der Waals surface area contributed by atoms with Crippen molar-refractivity contribution in [2.75, 3.05) is 37.5 Å². The summed E-state index contributed by atoms with van der Waals surface area (Å²) in [6.07, 6.45) is 0.656. The van der Waals surface area contributed by atoms with Crippen molar-refractivity contribution in [2.45, 2.75) is 32.4 Å². The SMILES string of the molecule is COC(=O)Nc1cnc(N2CCC(NC(=O)c3[nH]c(C)c(Cl)c3C)C(OC)C2)cc1C(=O)O. The predicted octanol–water partition coefficient (Wildman–Crippen LogP) is 2.58. The molecule has 0 radical (unpaired) electrons. The number of carbonyl (C=O) groups is 3. The van der Waals surface area contributed by atoms with Gasteiger partial charge in [-0.15, -0.1) is 0 Å². The van der Waals surface area contributed by atoms with Crippen molar-refractivity contribution in [3.05, 3.63) is 39.8 Å². The number of aromatic amines is 1. The molecule has 2 aromatic rings. The number of rotatable bonds is 6. The van der Waals surface area contributed by atoms with Crippen LogP contribution < -0.4 is 15.5 Å². The van der Waals surface area contributed by atoms with Gasteiger partial charge >= 0.3 is 12.1 Å². The van der Waals surface area contributed by atoms with Crippen LogP contribution in [0.5, 0.6) is 0 Å². The third-order valence-corrected chi connectivity index (χ3v) is 6.18. The Kier molecular flexibility index (Phi) is 7.44. The van der Waals surface area contributed by atoms with Gasteiger partial charge in [0.1, 0.15) is 11.5 Å². The fraction of sp³-hybridized carbons (Fsp3) is 0.429. The third-order valence-electron chi connectivity index (χ3n) is 5.62. The number of hydrogen-bond donors (Lipinski definition) is 4. The Hall–Kier alpha value is -3.31. The highest BCUT2D eigenvalue weighted by Gasteiger charge is 2.32. The van der Waals surface area contributed by atoms with E-state index < -0.39 is 12.1 Å². The standard InChI is InChI=1S/C21H26ClN5O6/c1-10-17(22)11(2)24-18(10)19(28)25-13-5-6-27(9-15(13)32-3)16-7-12(20(29)30)14(8-23-16)26-21(31)33-4/h7-8,13,15,24H,5-6,9H2,1-4H3,(H,25,28)(H,26,31)(H,29,30). The summed E-state index contributed by atoms with van der Waals surface area (Å²) in [7, 11) is 2.73. The average molecular weight is 480 g/mol. The fourth-order valence-electron chi connectivity index (χ4n) is 3.78. The molecule has 2 atom stereocenters. The van der Waals surface area contributed by atoms with Gasteiger partial charge in [-0.3, -0.25) is 10.1 Å². The lowest BCUT2D eigenvalue weighted by Gasteiger charge is -2.38. The molecule has 0 aliphatic carbocycles. The second-order valence-electron chi connectivity index (χ2n) is 7.66. The molecule has 12 heteroatoms. The van der Waals surface area contributed by atoms with Gasteiger partial charge in [0.05, 0.1) is 41.7 Å². The molecule has 178 valence electrons. The van der Waals surface area contributed by atoms with Crippen LogP contribution in [0.4, 0.5) is 16.3 Å². The first-order chi connectivity index (χ1) is 15.7. The molecule has 1 aliphatic heterocycles. The highest BCUT2D eigenvalue weighted by atomic mass is 35.5. The monoisotopic (exact) mass is 479 g/mol. The number of aryl methyl sites for hydroxylation is 1.